The van der Waals surface area contributed by atoms with Gasteiger partial charge in [-0.1, -0.05) is 6.07 Å². The maximum absolute atomic E-state index is 6.28. The first kappa shape index (κ1) is 21.7. The molecule has 1 aromatic heterocycles. The van der Waals surface area contributed by atoms with Gasteiger partial charge in [-0.3, -0.25) is 4.99 Å². The molecule has 0 saturated heterocycles. The van der Waals surface area contributed by atoms with E-state index in [9.17, 15) is 0 Å². The molecule has 1 saturated carbocycles. The lowest BCUT2D eigenvalue weighted by Gasteiger charge is -2.19. The van der Waals surface area contributed by atoms with Crippen LogP contribution in [0.5, 0.6) is 11.5 Å². The van der Waals surface area contributed by atoms with Crippen LogP contribution in [0.15, 0.2) is 41.4 Å². The molecule has 3 rings (SSSR count). The second kappa shape index (κ2) is 10.7. The molecule has 0 spiro atoms. The Labute approximate surface area is 179 Å². The lowest BCUT2D eigenvalue weighted by Crippen LogP contribution is -2.36. The predicted octanol–water partition coefficient (Wildman–Crippen LogP) is 3.34. The van der Waals surface area contributed by atoms with Crippen molar-refractivity contribution in [2.75, 3.05) is 33.2 Å². The minimum Gasteiger partial charge on any atom is -0.497 e. The van der Waals surface area contributed by atoms with Gasteiger partial charge >= 0.3 is 0 Å². The van der Waals surface area contributed by atoms with Gasteiger partial charge in [0.1, 0.15) is 17.3 Å². The highest BCUT2D eigenvalue weighted by Crippen LogP contribution is 2.30. The van der Waals surface area contributed by atoms with Gasteiger partial charge in [0.05, 0.1) is 25.5 Å². The first-order valence-corrected chi connectivity index (χ1v) is 10.5. The van der Waals surface area contributed by atoms with Crippen molar-refractivity contribution in [3.8, 4) is 11.5 Å². The smallest absolute Gasteiger partial charge is 0.191 e. The normalized spacial score (nSPS) is 14.5. The molecule has 0 radical (unpaired) electrons. The second-order valence-electron chi connectivity index (χ2n) is 7.66. The Morgan fingerprint density at radius 3 is 2.60 bits per heavy atom. The monoisotopic (exact) mass is 411 g/mol. The summed E-state index contributed by atoms with van der Waals surface area (Å²) in [6.07, 6.45) is 5.01. The molecular formula is C23H33N5O2. The van der Waals surface area contributed by atoms with Gasteiger partial charge in [-0.05, 0) is 49.9 Å². The fraction of sp³-hybridized carbons (Fsp3) is 0.478. The molecule has 1 aliphatic rings. The van der Waals surface area contributed by atoms with E-state index in [1.165, 1.54) is 12.8 Å². The Hall–Kier alpha value is -2.96. The zero-order valence-electron chi connectivity index (χ0n) is 18.4. The number of aromatic nitrogens is 1. The molecule has 7 nitrogen and oxygen atoms in total. The van der Waals surface area contributed by atoms with Gasteiger partial charge in [-0.2, -0.15) is 0 Å². The van der Waals surface area contributed by atoms with Crippen LogP contribution < -0.4 is 25.0 Å². The molecule has 2 aromatic rings. The SMILES string of the molecule is CN=C(NCc1cccc(N(C)C)n1)NCc1ccc(OC)cc1OC1CCCC1. The maximum Gasteiger partial charge on any atom is 0.191 e. The average molecular weight is 412 g/mol. The molecule has 7 heteroatoms. The molecule has 2 N–H and O–H groups in total. The third kappa shape index (κ3) is 6.02. The van der Waals surface area contributed by atoms with E-state index in [1.807, 2.05) is 55.4 Å². The van der Waals surface area contributed by atoms with Crippen LogP contribution in [0.25, 0.3) is 0 Å². The quantitative estimate of drug-likeness (QED) is 0.513. The number of hydrogen-bond acceptors (Lipinski definition) is 5. The van der Waals surface area contributed by atoms with Crippen molar-refractivity contribution in [3.63, 3.8) is 0 Å². The summed E-state index contributed by atoms with van der Waals surface area (Å²) in [7, 11) is 7.42. The molecule has 0 aliphatic heterocycles. The molecule has 1 aromatic carbocycles. The molecule has 0 amide bonds. The van der Waals surface area contributed by atoms with Gasteiger partial charge in [-0.25, -0.2) is 4.98 Å². The number of rotatable bonds is 8. The number of methoxy groups -OCH3 is 1. The Balaban J connectivity index is 1.60. The van der Waals surface area contributed by atoms with E-state index in [4.69, 9.17) is 9.47 Å². The molecule has 30 heavy (non-hydrogen) atoms. The number of nitrogens with zero attached hydrogens (tertiary/aromatic N) is 3. The van der Waals surface area contributed by atoms with Crippen LogP contribution in [-0.4, -0.2) is 45.3 Å². The standard InChI is InChI=1S/C23H33N5O2/c1-24-23(26-16-18-8-7-11-22(27-18)28(2)3)25-15-17-12-13-20(29-4)14-21(17)30-19-9-5-6-10-19/h7-8,11-14,19H,5-6,9-10,15-16H2,1-4H3,(H2,24,25,26). The number of nitrogens with one attached hydrogen (secondary N) is 2. The zero-order chi connectivity index (χ0) is 21.3. The van der Waals surface area contributed by atoms with Crippen LogP contribution in [0.1, 0.15) is 36.9 Å². The van der Waals surface area contributed by atoms with Crippen LogP contribution in [-0.2, 0) is 13.1 Å². The predicted molar refractivity (Wildman–Crippen MR) is 121 cm³/mol. The minimum absolute atomic E-state index is 0.295. The molecule has 1 heterocycles. The summed E-state index contributed by atoms with van der Waals surface area (Å²) in [6, 6.07) is 12.0. The molecule has 1 fully saturated rings. The topological polar surface area (TPSA) is 71.0 Å². The third-order valence-electron chi connectivity index (χ3n) is 5.23. The molecular weight excluding hydrogens is 378 g/mol. The molecule has 1 aliphatic carbocycles. The van der Waals surface area contributed by atoms with E-state index in [-0.39, 0.29) is 0 Å². The lowest BCUT2D eigenvalue weighted by atomic mass is 10.2. The lowest BCUT2D eigenvalue weighted by molar-refractivity contribution is 0.207. The summed E-state index contributed by atoms with van der Waals surface area (Å²) in [6.45, 7) is 1.20. The van der Waals surface area contributed by atoms with Crippen molar-refractivity contribution < 1.29 is 9.47 Å². The van der Waals surface area contributed by atoms with Gasteiger partial charge in [0.2, 0.25) is 0 Å². The van der Waals surface area contributed by atoms with E-state index in [2.05, 4.69) is 20.6 Å². The summed E-state index contributed by atoms with van der Waals surface area (Å²) >= 11 is 0. The zero-order valence-corrected chi connectivity index (χ0v) is 18.4. The highest BCUT2D eigenvalue weighted by molar-refractivity contribution is 5.79. The highest BCUT2D eigenvalue weighted by atomic mass is 16.5. The van der Waals surface area contributed by atoms with E-state index in [0.29, 0.717) is 19.2 Å². The van der Waals surface area contributed by atoms with Crippen molar-refractivity contribution in [1.29, 1.82) is 0 Å². The first-order chi connectivity index (χ1) is 14.6. The fourth-order valence-corrected chi connectivity index (χ4v) is 3.49. The Kier molecular flexibility index (Phi) is 7.76. The first-order valence-electron chi connectivity index (χ1n) is 10.5. The summed E-state index contributed by atoms with van der Waals surface area (Å²) in [4.78, 5) is 11.0. The number of pyridine rings is 1. The minimum atomic E-state index is 0.295. The van der Waals surface area contributed by atoms with Crippen molar-refractivity contribution in [2.24, 2.45) is 4.99 Å². The largest absolute Gasteiger partial charge is 0.497 e. The van der Waals surface area contributed by atoms with Crippen LogP contribution in [0.4, 0.5) is 5.82 Å². The number of aliphatic imine (C=N–C) groups is 1. The Morgan fingerprint density at radius 1 is 1.13 bits per heavy atom. The van der Waals surface area contributed by atoms with Gasteiger partial charge < -0.3 is 25.0 Å². The Bertz CT molecular complexity index is 847. The number of benzene rings is 1. The molecule has 162 valence electrons. The van der Waals surface area contributed by atoms with Gasteiger partial charge in [-0.15, -0.1) is 0 Å². The van der Waals surface area contributed by atoms with Crippen LogP contribution in [0.3, 0.4) is 0 Å². The Morgan fingerprint density at radius 2 is 1.90 bits per heavy atom. The average Bonchev–Trinajstić information content (AvgIpc) is 3.27. The maximum atomic E-state index is 6.28. The second-order valence-corrected chi connectivity index (χ2v) is 7.66. The molecule has 0 unspecified atom stereocenters. The number of anilines is 1. The fourth-order valence-electron chi connectivity index (χ4n) is 3.49. The van der Waals surface area contributed by atoms with Crippen molar-refractivity contribution >= 4 is 11.8 Å². The summed E-state index contributed by atoms with van der Waals surface area (Å²) in [5.41, 5.74) is 2.04. The van der Waals surface area contributed by atoms with Crippen LogP contribution >= 0.6 is 0 Å². The number of hydrogen-bond donors (Lipinski definition) is 2. The number of guanidine groups is 1. The van der Waals surface area contributed by atoms with Crippen LogP contribution in [0.2, 0.25) is 0 Å². The van der Waals surface area contributed by atoms with Gasteiger partial charge in [0, 0.05) is 39.3 Å². The number of ether oxygens (including phenoxy) is 2. The summed E-state index contributed by atoms with van der Waals surface area (Å²) in [5, 5.41) is 6.71. The van der Waals surface area contributed by atoms with E-state index < -0.39 is 0 Å². The van der Waals surface area contributed by atoms with Crippen molar-refractivity contribution in [3.05, 3.63) is 47.7 Å². The third-order valence-corrected chi connectivity index (χ3v) is 5.23. The van der Waals surface area contributed by atoms with Gasteiger partial charge in [0.15, 0.2) is 5.96 Å². The van der Waals surface area contributed by atoms with E-state index in [1.54, 1.807) is 14.2 Å². The van der Waals surface area contributed by atoms with E-state index >= 15 is 0 Å². The molecule has 0 atom stereocenters. The van der Waals surface area contributed by atoms with Crippen molar-refractivity contribution in [2.45, 2.75) is 44.9 Å². The van der Waals surface area contributed by atoms with Gasteiger partial charge in [0.25, 0.3) is 0 Å². The summed E-state index contributed by atoms with van der Waals surface area (Å²) < 4.78 is 11.7. The van der Waals surface area contributed by atoms with Crippen LogP contribution in [0, 0.1) is 0 Å². The molecule has 0 bridgehead atoms. The summed E-state index contributed by atoms with van der Waals surface area (Å²) in [5.74, 6) is 3.34. The van der Waals surface area contributed by atoms with Crippen molar-refractivity contribution in [1.82, 2.24) is 15.6 Å². The van der Waals surface area contributed by atoms with E-state index in [0.717, 1.165) is 47.4 Å². The highest BCUT2D eigenvalue weighted by Gasteiger charge is 2.18.